The highest BCUT2D eigenvalue weighted by atomic mass is 16.6. The van der Waals surface area contributed by atoms with Gasteiger partial charge in [0, 0.05) is 59.8 Å². The Morgan fingerprint density at radius 2 is 1.16 bits per heavy atom. The predicted molar refractivity (Wildman–Crippen MR) is 153 cm³/mol. The molecule has 1 spiro atoms. The minimum atomic E-state index is -1.45. The molecule has 1 saturated heterocycles. The van der Waals surface area contributed by atoms with Crippen LogP contribution in [0, 0.1) is 22.7 Å². The number of rotatable bonds is 6. The minimum absolute atomic E-state index is 0.0360. The van der Waals surface area contributed by atoms with E-state index in [1.54, 1.807) is 13.8 Å². The first kappa shape index (κ1) is 34.4. The molecule has 0 amide bonds. The minimum Gasteiger partial charge on any atom is -0.462 e. The number of carbonyl (C=O) groups excluding carboxylic acids is 6. The summed E-state index contributed by atoms with van der Waals surface area (Å²) >= 11 is 0. The van der Waals surface area contributed by atoms with Gasteiger partial charge in [0.2, 0.25) is 0 Å². The van der Waals surface area contributed by atoms with Crippen molar-refractivity contribution >= 4 is 35.8 Å². The van der Waals surface area contributed by atoms with E-state index >= 15 is 0 Å². The number of epoxide rings is 1. The van der Waals surface area contributed by atoms with E-state index < -0.39 is 101 Å². The second kappa shape index (κ2) is 12.0. The molecule has 0 aromatic heterocycles. The molecule has 1 aliphatic heterocycles. The Morgan fingerprint density at radius 3 is 1.62 bits per heavy atom. The van der Waals surface area contributed by atoms with Crippen LogP contribution in [0.2, 0.25) is 0 Å². The van der Waals surface area contributed by atoms with Crippen molar-refractivity contribution in [1.29, 1.82) is 0 Å². The van der Waals surface area contributed by atoms with Gasteiger partial charge in [-0.25, -0.2) is 0 Å². The number of hydrogen-bond acceptors (Lipinski definition) is 13. The van der Waals surface area contributed by atoms with Crippen molar-refractivity contribution in [3.05, 3.63) is 11.1 Å². The van der Waals surface area contributed by atoms with Gasteiger partial charge < -0.3 is 33.2 Å². The van der Waals surface area contributed by atoms with Crippen molar-refractivity contribution in [1.82, 2.24) is 0 Å². The Balaban J connectivity index is 2.15. The molecule has 2 saturated carbocycles. The molecule has 45 heavy (non-hydrogen) atoms. The maximum atomic E-state index is 12.9. The van der Waals surface area contributed by atoms with Gasteiger partial charge in [0.1, 0.15) is 30.0 Å². The van der Waals surface area contributed by atoms with Gasteiger partial charge in [-0.2, -0.15) is 0 Å². The highest BCUT2D eigenvalue weighted by molar-refractivity contribution is 5.70. The Labute approximate surface area is 262 Å². The van der Waals surface area contributed by atoms with Crippen molar-refractivity contribution in [2.45, 2.75) is 124 Å². The van der Waals surface area contributed by atoms with E-state index in [1.165, 1.54) is 41.5 Å². The molecule has 13 heteroatoms. The molecule has 3 aliphatic carbocycles. The molecule has 0 N–H and O–H groups in total. The summed E-state index contributed by atoms with van der Waals surface area (Å²) in [6.45, 7) is 14.8. The lowest BCUT2D eigenvalue weighted by Crippen LogP contribution is -2.72. The molecule has 4 rings (SSSR count). The van der Waals surface area contributed by atoms with Gasteiger partial charge in [0.25, 0.3) is 0 Å². The summed E-state index contributed by atoms with van der Waals surface area (Å²) in [4.78, 5) is 76.0. The molecule has 4 aliphatic rings. The number of hydrogen-bond donors (Lipinski definition) is 0. The van der Waals surface area contributed by atoms with Crippen molar-refractivity contribution in [2.75, 3.05) is 6.61 Å². The first-order valence-electron chi connectivity index (χ1n) is 15.2. The molecular weight excluding hydrogens is 592 g/mol. The van der Waals surface area contributed by atoms with Crippen molar-refractivity contribution in [3.8, 4) is 0 Å². The summed E-state index contributed by atoms with van der Waals surface area (Å²) < 4.78 is 42.1. The highest BCUT2D eigenvalue weighted by Gasteiger charge is 2.77. The van der Waals surface area contributed by atoms with E-state index in [1.807, 2.05) is 13.8 Å². The van der Waals surface area contributed by atoms with Crippen molar-refractivity contribution in [2.24, 2.45) is 22.7 Å². The summed E-state index contributed by atoms with van der Waals surface area (Å²) in [6, 6.07) is 0. The molecule has 3 fully saturated rings. The van der Waals surface area contributed by atoms with Crippen LogP contribution in [0.4, 0.5) is 0 Å². The average Bonchev–Trinajstić information content (AvgIpc) is 3.65. The lowest BCUT2D eigenvalue weighted by molar-refractivity contribution is -0.258. The summed E-state index contributed by atoms with van der Waals surface area (Å²) in [6.07, 6.45) is -6.25. The first-order valence-corrected chi connectivity index (χ1v) is 15.2. The predicted octanol–water partition coefficient (Wildman–Crippen LogP) is 2.75. The van der Waals surface area contributed by atoms with Crippen LogP contribution in [0.1, 0.15) is 82.1 Å². The van der Waals surface area contributed by atoms with Crippen LogP contribution in [-0.4, -0.2) is 84.6 Å². The fourth-order valence-corrected chi connectivity index (χ4v) is 8.51. The maximum Gasteiger partial charge on any atom is 0.303 e. The largest absolute Gasteiger partial charge is 0.462 e. The van der Waals surface area contributed by atoms with Crippen LogP contribution >= 0.6 is 0 Å². The third-order valence-electron chi connectivity index (χ3n) is 10.0. The monoisotopic (exact) mass is 636 g/mol. The van der Waals surface area contributed by atoms with E-state index in [0.717, 1.165) is 0 Å². The summed E-state index contributed by atoms with van der Waals surface area (Å²) in [5, 5.41) is 0. The smallest absolute Gasteiger partial charge is 0.303 e. The van der Waals surface area contributed by atoms with E-state index in [4.69, 9.17) is 33.2 Å². The fourth-order valence-electron chi connectivity index (χ4n) is 8.51. The highest BCUT2D eigenvalue weighted by Crippen LogP contribution is 2.66. The van der Waals surface area contributed by atoms with E-state index in [9.17, 15) is 28.8 Å². The van der Waals surface area contributed by atoms with Crippen LogP contribution in [0.5, 0.6) is 0 Å². The zero-order valence-corrected chi connectivity index (χ0v) is 27.5. The number of ether oxygens (including phenoxy) is 7. The Kier molecular flexibility index (Phi) is 9.20. The van der Waals surface area contributed by atoms with Gasteiger partial charge >= 0.3 is 35.8 Å². The van der Waals surface area contributed by atoms with E-state index in [-0.39, 0.29) is 19.4 Å². The van der Waals surface area contributed by atoms with Crippen molar-refractivity contribution in [3.63, 3.8) is 0 Å². The summed E-state index contributed by atoms with van der Waals surface area (Å²) in [5.41, 5.74) is -2.50. The molecule has 0 unspecified atom stereocenters. The van der Waals surface area contributed by atoms with Gasteiger partial charge in [-0.1, -0.05) is 20.8 Å². The van der Waals surface area contributed by atoms with Gasteiger partial charge in [0.05, 0.1) is 12.0 Å². The SMILES string of the molecule is CC(=O)O[C@H]1[C@@H]2[C@@]3(CO3)[C@@H](OC(C)=O)C[C@H](OC(C)=O)[C@@]2(C)[C@@H](OC(C)=O)[C@H](OC(C)=O)C2=C(C)[C@@H](OC(C)=O)C[C@@H]1C2(C)C. The average molecular weight is 637 g/mol. The molecule has 0 aromatic rings. The van der Waals surface area contributed by atoms with Crippen LogP contribution in [0.3, 0.4) is 0 Å². The lowest BCUT2D eigenvalue weighted by atomic mass is 9.47. The molecule has 1 heterocycles. The summed E-state index contributed by atoms with van der Waals surface area (Å²) in [5.74, 6) is -5.35. The van der Waals surface area contributed by atoms with Gasteiger partial charge in [-0.15, -0.1) is 0 Å². The lowest BCUT2D eigenvalue weighted by Gasteiger charge is -2.62. The van der Waals surface area contributed by atoms with Crippen LogP contribution < -0.4 is 0 Å². The van der Waals surface area contributed by atoms with E-state index in [2.05, 4.69) is 0 Å². The standard InChI is InChI=1S/C32H44O13/c1-14-22(40-15(2)33)11-21-26(43-18(5)36)28-31(10,23(41-16(3)34)12-24(42-17(4)35)32(28)13-39-32)29(45-20(7)38)27(44-19(6)37)25(14)30(21,8)9/h21-24,26-29H,11-13H2,1-10H3/t21-,22-,23-,24-,26+,27+,28-,29-,31+,32+/m0/s1. The zero-order valence-electron chi connectivity index (χ0n) is 27.5. The quantitative estimate of drug-likeness (QED) is 0.181. The molecule has 250 valence electrons. The zero-order chi connectivity index (χ0) is 33.8. The van der Waals surface area contributed by atoms with Gasteiger partial charge in [-0.3, -0.25) is 28.8 Å². The summed E-state index contributed by atoms with van der Waals surface area (Å²) in [7, 11) is 0. The molecule has 2 bridgehead atoms. The molecule has 0 aromatic carbocycles. The molecule has 13 nitrogen and oxygen atoms in total. The second-order valence-corrected chi connectivity index (χ2v) is 13.4. The first-order chi connectivity index (χ1) is 20.8. The number of fused-ring (bicyclic) bond motifs is 4. The maximum absolute atomic E-state index is 12.9. The van der Waals surface area contributed by atoms with Gasteiger partial charge in [0.15, 0.2) is 12.2 Å². The van der Waals surface area contributed by atoms with Crippen molar-refractivity contribution < 1.29 is 61.9 Å². The number of carbonyl (C=O) groups is 6. The van der Waals surface area contributed by atoms with Crippen LogP contribution in [0.15, 0.2) is 11.1 Å². The van der Waals surface area contributed by atoms with Crippen LogP contribution in [0.25, 0.3) is 0 Å². The normalized spacial score (nSPS) is 38.0. The van der Waals surface area contributed by atoms with Gasteiger partial charge in [-0.05, 0) is 29.9 Å². The topological polar surface area (TPSA) is 170 Å². The Bertz CT molecular complexity index is 1310. The third kappa shape index (κ3) is 6.07. The fraction of sp³-hybridized carbons (Fsp3) is 0.750. The Morgan fingerprint density at radius 1 is 0.667 bits per heavy atom. The van der Waals surface area contributed by atoms with E-state index in [0.29, 0.717) is 11.1 Å². The number of esters is 6. The molecule has 0 radical (unpaired) electrons. The van der Waals surface area contributed by atoms with Crippen LogP contribution in [-0.2, 0) is 61.9 Å². The molecular formula is C32H44O13. The second-order valence-electron chi connectivity index (χ2n) is 13.4. The molecule has 10 atom stereocenters. The Hall–Kier alpha value is -3.48. The third-order valence-corrected chi connectivity index (χ3v) is 10.0.